The number of nitrogens with zero attached hydrogens (tertiary/aromatic N) is 2. The predicted molar refractivity (Wildman–Crippen MR) is 138 cm³/mol. The van der Waals surface area contributed by atoms with Crippen LogP contribution in [0.2, 0.25) is 10.0 Å². The zero-order valence-corrected chi connectivity index (χ0v) is 21.8. The van der Waals surface area contributed by atoms with Gasteiger partial charge in [0.25, 0.3) is 10.0 Å². The van der Waals surface area contributed by atoms with E-state index in [-0.39, 0.29) is 22.2 Å². The summed E-state index contributed by atoms with van der Waals surface area (Å²) >= 11 is 12.3. The lowest BCUT2D eigenvalue weighted by Crippen LogP contribution is -2.50. The molecule has 0 saturated carbocycles. The van der Waals surface area contributed by atoms with Crippen LogP contribution < -0.4 is 9.62 Å². The van der Waals surface area contributed by atoms with E-state index in [1.54, 1.807) is 18.2 Å². The molecule has 1 unspecified atom stereocenters. The molecule has 1 atom stereocenters. The first-order valence-corrected chi connectivity index (χ1v) is 13.0. The number of rotatable bonds is 9. The molecule has 3 aromatic carbocycles. The van der Waals surface area contributed by atoms with Crippen LogP contribution in [0.25, 0.3) is 0 Å². The molecule has 0 aromatic heterocycles. The van der Waals surface area contributed by atoms with Gasteiger partial charge in [-0.3, -0.25) is 13.9 Å². The van der Waals surface area contributed by atoms with Gasteiger partial charge in [-0.25, -0.2) is 12.8 Å². The van der Waals surface area contributed by atoms with Gasteiger partial charge in [0.2, 0.25) is 11.8 Å². The normalized spacial score (nSPS) is 12.0. The van der Waals surface area contributed by atoms with Crippen molar-refractivity contribution in [1.29, 1.82) is 0 Å². The van der Waals surface area contributed by atoms with Crippen molar-refractivity contribution in [2.75, 3.05) is 17.9 Å². The lowest BCUT2D eigenvalue weighted by Gasteiger charge is -2.32. The quantitative estimate of drug-likeness (QED) is 0.424. The highest BCUT2D eigenvalue weighted by molar-refractivity contribution is 7.92. The molecule has 0 aliphatic carbocycles. The molecule has 2 amide bonds. The zero-order valence-electron chi connectivity index (χ0n) is 19.5. The third-order valence-corrected chi connectivity index (χ3v) is 7.86. The number of nitrogens with one attached hydrogen (secondary N) is 1. The van der Waals surface area contributed by atoms with Gasteiger partial charge in [-0.1, -0.05) is 59.6 Å². The van der Waals surface area contributed by atoms with Crippen LogP contribution in [0.4, 0.5) is 10.1 Å². The number of hydrogen-bond donors (Lipinski definition) is 1. The largest absolute Gasteiger partial charge is 0.357 e. The van der Waals surface area contributed by atoms with Gasteiger partial charge >= 0.3 is 0 Å². The maximum absolute atomic E-state index is 14.8. The van der Waals surface area contributed by atoms with Crippen molar-refractivity contribution in [3.8, 4) is 0 Å². The molecule has 0 spiro atoms. The minimum Gasteiger partial charge on any atom is -0.357 e. The van der Waals surface area contributed by atoms with Crippen molar-refractivity contribution < 1.29 is 22.4 Å². The summed E-state index contributed by atoms with van der Waals surface area (Å²) in [5.41, 5.74) is 0.195. The standard InChI is InChI=1S/C25H24Cl2FN3O4S/c1-17(25(33)29-2)30(15-18-12-13-19(26)14-21(18)27)24(32)16-31(23-11-7-6-10-22(23)28)36(34,35)20-8-4-3-5-9-20/h3-14,17H,15-16H2,1-2H3,(H,29,33). The maximum atomic E-state index is 14.8. The molecule has 190 valence electrons. The molecule has 1 N–H and O–H groups in total. The Labute approximate surface area is 219 Å². The zero-order chi connectivity index (χ0) is 26.5. The Kier molecular flexibility index (Phi) is 8.94. The average Bonchev–Trinajstić information content (AvgIpc) is 2.86. The molecule has 36 heavy (non-hydrogen) atoms. The van der Waals surface area contributed by atoms with E-state index >= 15 is 0 Å². The highest BCUT2D eigenvalue weighted by atomic mass is 35.5. The Morgan fingerprint density at radius 3 is 2.25 bits per heavy atom. The topological polar surface area (TPSA) is 86.8 Å². The van der Waals surface area contributed by atoms with E-state index in [4.69, 9.17) is 23.2 Å². The third-order valence-electron chi connectivity index (χ3n) is 5.50. The number of sulfonamides is 1. The Bertz CT molecular complexity index is 1360. The van der Waals surface area contributed by atoms with Gasteiger partial charge in [0, 0.05) is 23.6 Å². The van der Waals surface area contributed by atoms with Crippen LogP contribution in [0.1, 0.15) is 12.5 Å². The van der Waals surface area contributed by atoms with Crippen molar-refractivity contribution >= 4 is 50.7 Å². The number of anilines is 1. The summed E-state index contributed by atoms with van der Waals surface area (Å²) in [7, 11) is -2.92. The van der Waals surface area contributed by atoms with Gasteiger partial charge in [-0.05, 0) is 48.9 Å². The van der Waals surface area contributed by atoms with Crippen molar-refractivity contribution in [3.05, 3.63) is 94.2 Å². The molecule has 0 bridgehead atoms. The number of benzene rings is 3. The summed E-state index contributed by atoms with van der Waals surface area (Å²) in [4.78, 5) is 27.1. The second-order valence-electron chi connectivity index (χ2n) is 7.82. The van der Waals surface area contributed by atoms with Crippen molar-refractivity contribution in [1.82, 2.24) is 10.2 Å². The molecule has 0 aliphatic heterocycles. The Balaban J connectivity index is 2.05. The molecule has 0 fully saturated rings. The number of likely N-dealkylation sites (N-methyl/N-ethyl adjacent to an activating group) is 1. The van der Waals surface area contributed by atoms with Crippen molar-refractivity contribution in [2.24, 2.45) is 0 Å². The van der Waals surface area contributed by atoms with Crippen LogP contribution in [0.5, 0.6) is 0 Å². The number of para-hydroxylation sites is 1. The van der Waals surface area contributed by atoms with E-state index in [1.807, 2.05) is 0 Å². The Hall–Kier alpha value is -3.14. The first-order chi connectivity index (χ1) is 17.1. The van der Waals surface area contributed by atoms with Gasteiger partial charge in [0.05, 0.1) is 10.6 Å². The number of carbonyl (C=O) groups is 2. The molecule has 7 nitrogen and oxygen atoms in total. The Morgan fingerprint density at radius 2 is 1.64 bits per heavy atom. The van der Waals surface area contributed by atoms with Crippen LogP contribution in [-0.4, -0.2) is 44.8 Å². The van der Waals surface area contributed by atoms with Crippen LogP contribution in [-0.2, 0) is 26.2 Å². The SMILES string of the molecule is CNC(=O)C(C)N(Cc1ccc(Cl)cc1Cl)C(=O)CN(c1ccccc1F)S(=O)(=O)c1ccccc1. The lowest BCUT2D eigenvalue weighted by molar-refractivity contribution is -0.139. The van der Waals surface area contributed by atoms with Crippen LogP contribution in [0.15, 0.2) is 77.7 Å². The van der Waals surface area contributed by atoms with E-state index in [0.717, 1.165) is 6.07 Å². The summed E-state index contributed by atoms with van der Waals surface area (Å²) < 4.78 is 42.5. The summed E-state index contributed by atoms with van der Waals surface area (Å²) in [6.07, 6.45) is 0. The van der Waals surface area contributed by atoms with Gasteiger partial charge in [-0.2, -0.15) is 0 Å². The van der Waals surface area contributed by atoms with Crippen LogP contribution >= 0.6 is 23.2 Å². The lowest BCUT2D eigenvalue weighted by atomic mass is 10.1. The number of hydrogen-bond acceptors (Lipinski definition) is 4. The highest BCUT2D eigenvalue weighted by Crippen LogP contribution is 2.28. The predicted octanol–water partition coefficient (Wildman–Crippen LogP) is 4.49. The van der Waals surface area contributed by atoms with Crippen molar-refractivity contribution in [3.63, 3.8) is 0 Å². The summed E-state index contributed by atoms with van der Waals surface area (Å²) in [5.74, 6) is -2.03. The molecular formula is C25H24Cl2FN3O4S. The molecule has 11 heteroatoms. The van der Waals surface area contributed by atoms with E-state index in [2.05, 4.69) is 5.32 Å². The molecule has 3 aromatic rings. The number of amides is 2. The van der Waals surface area contributed by atoms with E-state index in [9.17, 15) is 22.4 Å². The van der Waals surface area contributed by atoms with Crippen LogP contribution in [0.3, 0.4) is 0 Å². The van der Waals surface area contributed by atoms with Gasteiger partial charge < -0.3 is 10.2 Å². The molecule has 0 heterocycles. The van der Waals surface area contributed by atoms with E-state index in [0.29, 0.717) is 14.9 Å². The Morgan fingerprint density at radius 1 is 1.00 bits per heavy atom. The fourth-order valence-corrected chi connectivity index (χ4v) is 5.42. The third kappa shape index (κ3) is 6.16. The minimum atomic E-state index is -4.34. The average molecular weight is 552 g/mol. The number of carbonyl (C=O) groups excluding carboxylic acids is 2. The molecule has 0 aliphatic rings. The smallest absolute Gasteiger partial charge is 0.264 e. The van der Waals surface area contributed by atoms with E-state index in [1.165, 1.54) is 67.4 Å². The molecule has 3 rings (SSSR count). The molecule has 0 saturated heterocycles. The second-order valence-corrected chi connectivity index (χ2v) is 10.5. The maximum Gasteiger partial charge on any atom is 0.264 e. The molecular weight excluding hydrogens is 528 g/mol. The fraction of sp³-hybridized carbons (Fsp3) is 0.200. The second kappa shape index (κ2) is 11.7. The first kappa shape index (κ1) is 27.4. The highest BCUT2D eigenvalue weighted by Gasteiger charge is 2.33. The van der Waals surface area contributed by atoms with Crippen molar-refractivity contribution in [2.45, 2.75) is 24.4 Å². The number of halogens is 3. The molecule has 0 radical (unpaired) electrons. The van der Waals surface area contributed by atoms with Gasteiger partial charge in [-0.15, -0.1) is 0 Å². The van der Waals surface area contributed by atoms with E-state index < -0.39 is 40.2 Å². The van der Waals surface area contributed by atoms with Gasteiger partial charge in [0.15, 0.2) is 0 Å². The van der Waals surface area contributed by atoms with Crippen LogP contribution in [0, 0.1) is 5.82 Å². The fourth-order valence-electron chi connectivity index (χ4n) is 3.51. The summed E-state index contributed by atoms with van der Waals surface area (Å²) in [6, 6.07) is 16.3. The summed E-state index contributed by atoms with van der Waals surface area (Å²) in [6.45, 7) is 0.629. The monoisotopic (exact) mass is 551 g/mol. The summed E-state index contributed by atoms with van der Waals surface area (Å²) in [5, 5.41) is 3.14. The minimum absolute atomic E-state index is 0.111. The van der Waals surface area contributed by atoms with Gasteiger partial charge in [0.1, 0.15) is 18.4 Å². The first-order valence-electron chi connectivity index (χ1n) is 10.8.